The number of benzene rings is 1. The maximum Gasteiger partial charge on any atom is 0.0230 e. The second kappa shape index (κ2) is 7.21. The minimum atomic E-state index is 0.643. The zero-order chi connectivity index (χ0) is 14.5. The molecule has 1 unspecified atom stereocenters. The molecule has 1 aromatic carbocycles. The van der Waals surface area contributed by atoms with E-state index in [2.05, 4.69) is 67.3 Å². The van der Waals surface area contributed by atoms with E-state index in [1.54, 1.807) is 0 Å². The molecular weight excluding hydrogens is 246 g/mol. The SMILES string of the molecule is CC(C)N1CCC(NCc2ccccc2CN(C)C)C1. The van der Waals surface area contributed by atoms with E-state index in [4.69, 9.17) is 0 Å². The van der Waals surface area contributed by atoms with Crippen molar-refractivity contribution >= 4 is 0 Å². The zero-order valence-corrected chi connectivity index (χ0v) is 13.4. The summed E-state index contributed by atoms with van der Waals surface area (Å²) in [6, 6.07) is 10.1. The second-order valence-electron chi connectivity index (χ2n) is 6.46. The van der Waals surface area contributed by atoms with Crippen molar-refractivity contribution in [2.45, 2.75) is 45.4 Å². The Kier molecular flexibility index (Phi) is 5.58. The van der Waals surface area contributed by atoms with Gasteiger partial charge in [0.15, 0.2) is 0 Å². The van der Waals surface area contributed by atoms with Gasteiger partial charge in [0.2, 0.25) is 0 Å². The van der Waals surface area contributed by atoms with Gasteiger partial charge in [-0.25, -0.2) is 0 Å². The standard InChI is InChI=1S/C17H29N3/c1-14(2)20-10-9-17(13-20)18-11-15-7-5-6-8-16(15)12-19(3)4/h5-8,14,17-18H,9-13H2,1-4H3. The van der Waals surface area contributed by atoms with E-state index in [0.717, 1.165) is 13.1 Å². The molecule has 1 aliphatic heterocycles. The van der Waals surface area contributed by atoms with E-state index in [0.29, 0.717) is 12.1 Å². The molecule has 0 saturated carbocycles. The molecule has 0 amide bonds. The Hall–Kier alpha value is -0.900. The van der Waals surface area contributed by atoms with Crippen LogP contribution in [0.25, 0.3) is 0 Å². The molecule has 2 rings (SSSR count). The summed E-state index contributed by atoms with van der Waals surface area (Å²) in [5.74, 6) is 0. The molecule has 0 bridgehead atoms. The molecule has 1 N–H and O–H groups in total. The summed E-state index contributed by atoms with van der Waals surface area (Å²) in [5.41, 5.74) is 2.87. The molecule has 1 atom stereocenters. The van der Waals surface area contributed by atoms with Gasteiger partial charge in [0.25, 0.3) is 0 Å². The third-order valence-electron chi connectivity index (χ3n) is 4.14. The van der Waals surface area contributed by atoms with E-state index < -0.39 is 0 Å². The predicted octanol–water partition coefficient (Wildman–Crippen LogP) is 2.32. The van der Waals surface area contributed by atoms with Crippen LogP contribution in [0.1, 0.15) is 31.4 Å². The topological polar surface area (TPSA) is 18.5 Å². The lowest BCUT2D eigenvalue weighted by Gasteiger charge is -2.21. The Bertz CT molecular complexity index is 414. The van der Waals surface area contributed by atoms with Gasteiger partial charge in [0.05, 0.1) is 0 Å². The summed E-state index contributed by atoms with van der Waals surface area (Å²) >= 11 is 0. The summed E-state index contributed by atoms with van der Waals surface area (Å²) in [4.78, 5) is 4.79. The Morgan fingerprint density at radius 3 is 2.55 bits per heavy atom. The highest BCUT2D eigenvalue weighted by atomic mass is 15.2. The molecule has 0 aliphatic carbocycles. The van der Waals surface area contributed by atoms with Crippen LogP contribution in [0.5, 0.6) is 0 Å². The lowest BCUT2D eigenvalue weighted by molar-refractivity contribution is 0.268. The zero-order valence-electron chi connectivity index (χ0n) is 13.4. The van der Waals surface area contributed by atoms with E-state index >= 15 is 0 Å². The van der Waals surface area contributed by atoms with Crippen LogP contribution in [-0.4, -0.2) is 49.1 Å². The van der Waals surface area contributed by atoms with Crippen LogP contribution < -0.4 is 5.32 Å². The third kappa shape index (κ3) is 4.30. The number of hydrogen-bond acceptors (Lipinski definition) is 3. The lowest BCUT2D eigenvalue weighted by Crippen LogP contribution is -2.35. The molecule has 0 spiro atoms. The van der Waals surface area contributed by atoms with Crippen LogP contribution in [0.3, 0.4) is 0 Å². The molecule has 20 heavy (non-hydrogen) atoms. The molecule has 1 heterocycles. The molecule has 1 aromatic rings. The highest BCUT2D eigenvalue weighted by Gasteiger charge is 2.23. The molecule has 112 valence electrons. The number of rotatable bonds is 6. The molecule has 1 saturated heterocycles. The van der Waals surface area contributed by atoms with Crippen molar-refractivity contribution in [3.05, 3.63) is 35.4 Å². The Balaban J connectivity index is 1.88. The quantitative estimate of drug-likeness (QED) is 0.859. The maximum absolute atomic E-state index is 3.74. The average molecular weight is 275 g/mol. The largest absolute Gasteiger partial charge is 0.309 e. The first-order chi connectivity index (χ1) is 9.56. The summed E-state index contributed by atoms with van der Waals surface area (Å²) in [7, 11) is 4.25. The van der Waals surface area contributed by atoms with Crippen molar-refractivity contribution in [1.82, 2.24) is 15.1 Å². The van der Waals surface area contributed by atoms with Crippen LogP contribution in [-0.2, 0) is 13.1 Å². The van der Waals surface area contributed by atoms with Crippen molar-refractivity contribution in [2.24, 2.45) is 0 Å². The van der Waals surface area contributed by atoms with E-state index in [-0.39, 0.29) is 0 Å². The van der Waals surface area contributed by atoms with Crippen LogP contribution in [0.2, 0.25) is 0 Å². The van der Waals surface area contributed by atoms with E-state index in [1.807, 2.05) is 0 Å². The Morgan fingerprint density at radius 2 is 1.95 bits per heavy atom. The average Bonchev–Trinajstić information content (AvgIpc) is 2.86. The second-order valence-corrected chi connectivity index (χ2v) is 6.46. The molecular formula is C17H29N3. The fourth-order valence-electron chi connectivity index (χ4n) is 2.90. The van der Waals surface area contributed by atoms with Gasteiger partial charge in [-0.05, 0) is 52.0 Å². The first-order valence-corrected chi connectivity index (χ1v) is 7.75. The Morgan fingerprint density at radius 1 is 1.25 bits per heavy atom. The van der Waals surface area contributed by atoms with E-state index in [1.165, 1.54) is 30.6 Å². The molecule has 0 aromatic heterocycles. The van der Waals surface area contributed by atoms with Gasteiger partial charge in [0.1, 0.15) is 0 Å². The Labute approximate surface area is 124 Å². The fraction of sp³-hybridized carbons (Fsp3) is 0.647. The predicted molar refractivity (Wildman–Crippen MR) is 85.8 cm³/mol. The molecule has 3 heteroatoms. The minimum Gasteiger partial charge on any atom is -0.309 e. The first-order valence-electron chi connectivity index (χ1n) is 7.75. The van der Waals surface area contributed by atoms with Crippen LogP contribution in [0.4, 0.5) is 0 Å². The maximum atomic E-state index is 3.74. The van der Waals surface area contributed by atoms with Gasteiger partial charge < -0.3 is 10.2 Å². The number of nitrogens with one attached hydrogen (secondary N) is 1. The van der Waals surface area contributed by atoms with Gasteiger partial charge >= 0.3 is 0 Å². The van der Waals surface area contributed by atoms with E-state index in [9.17, 15) is 0 Å². The summed E-state index contributed by atoms with van der Waals surface area (Å²) in [6.07, 6.45) is 1.27. The minimum absolute atomic E-state index is 0.643. The van der Waals surface area contributed by atoms with Crippen LogP contribution in [0, 0.1) is 0 Å². The molecule has 1 aliphatic rings. The molecule has 0 radical (unpaired) electrons. The smallest absolute Gasteiger partial charge is 0.0230 e. The normalized spacial score (nSPS) is 20.2. The monoisotopic (exact) mass is 275 g/mol. The number of nitrogens with zero attached hydrogens (tertiary/aromatic N) is 2. The van der Waals surface area contributed by atoms with Crippen LogP contribution >= 0.6 is 0 Å². The van der Waals surface area contributed by atoms with Gasteiger partial charge in [0, 0.05) is 31.7 Å². The summed E-state index contributed by atoms with van der Waals surface area (Å²) in [6.45, 7) is 8.99. The van der Waals surface area contributed by atoms with Crippen molar-refractivity contribution in [2.75, 3.05) is 27.2 Å². The lowest BCUT2D eigenvalue weighted by atomic mass is 10.1. The van der Waals surface area contributed by atoms with Crippen molar-refractivity contribution in [3.8, 4) is 0 Å². The molecule has 3 nitrogen and oxygen atoms in total. The third-order valence-corrected chi connectivity index (χ3v) is 4.14. The van der Waals surface area contributed by atoms with Gasteiger partial charge in [-0.3, -0.25) is 4.90 Å². The number of likely N-dealkylation sites (tertiary alicyclic amines) is 1. The van der Waals surface area contributed by atoms with Gasteiger partial charge in [-0.1, -0.05) is 24.3 Å². The summed E-state index contributed by atoms with van der Waals surface area (Å²) < 4.78 is 0. The highest BCUT2D eigenvalue weighted by Crippen LogP contribution is 2.15. The highest BCUT2D eigenvalue weighted by molar-refractivity contribution is 5.27. The number of hydrogen-bond donors (Lipinski definition) is 1. The van der Waals surface area contributed by atoms with Gasteiger partial charge in [-0.2, -0.15) is 0 Å². The summed E-state index contributed by atoms with van der Waals surface area (Å²) in [5, 5.41) is 3.74. The fourth-order valence-corrected chi connectivity index (χ4v) is 2.90. The first kappa shape index (κ1) is 15.5. The van der Waals surface area contributed by atoms with Crippen molar-refractivity contribution in [3.63, 3.8) is 0 Å². The van der Waals surface area contributed by atoms with Crippen molar-refractivity contribution < 1.29 is 0 Å². The van der Waals surface area contributed by atoms with Crippen molar-refractivity contribution in [1.29, 1.82) is 0 Å². The molecule has 1 fully saturated rings. The van der Waals surface area contributed by atoms with Crippen LogP contribution in [0.15, 0.2) is 24.3 Å². The van der Waals surface area contributed by atoms with Gasteiger partial charge in [-0.15, -0.1) is 0 Å².